The zero-order valence-corrected chi connectivity index (χ0v) is 11.2. The molecule has 0 radical (unpaired) electrons. The molecule has 3 rings (SSSR count). The molecule has 1 aliphatic rings. The van der Waals surface area contributed by atoms with Crippen LogP contribution >= 0.6 is 0 Å². The van der Waals surface area contributed by atoms with E-state index in [0.717, 1.165) is 5.69 Å². The summed E-state index contributed by atoms with van der Waals surface area (Å²) in [4.78, 5) is 4.14. The second-order valence-electron chi connectivity index (χ2n) is 4.50. The Morgan fingerprint density at radius 3 is 2.70 bits per heavy atom. The first kappa shape index (κ1) is 12.6. The Morgan fingerprint density at radius 2 is 2.00 bits per heavy atom. The maximum Gasteiger partial charge on any atom is 0.228 e. The van der Waals surface area contributed by atoms with Gasteiger partial charge in [0, 0.05) is 25.1 Å². The number of aryl methyl sites for hydroxylation is 1. The monoisotopic (exact) mass is 276 g/mol. The molecule has 2 heterocycles. The van der Waals surface area contributed by atoms with Crippen LogP contribution in [0.4, 0.5) is 11.4 Å². The van der Waals surface area contributed by atoms with E-state index >= 15 is 0 Å². The molecule has 0 saturated heterocycles. The van der Waals surface area contributed by atoms with Gasteiger partial charge in [0.25, 0.3) is 0 Å². The van der Waals surface area contributed by atoms with Crippen LogP contribution in [0, 0.1) is 6.92 Å². The molecule has 1 aliphatic heterocycles. The molecule has 0 fully saturated rings. The molecule has 0 atom stereocenters. The Morgan fingerprint density at radius 1 is 1.25 bits per heavy atom. The lowest BCUT2D eigenvalue weighted by atomic mass is 10.2. The molecule has 0 unspecified atom stereocenters. The van der Waals surface area contributed by atoms with Crippen molar-refractivity contribution in [1.82, 2.24) is 10.1 Å². The van der Waals surface area contributed by atoms with Gasteiger partial charge < -0.3 is 25.0 Å². The molecule has 0 spiro atoms. The van der Waals surface area contributed by atoms with E-state index in [1.807, 2.05) is 6.07 Å². The van der Waals surface area contributed by atoms with Gasteiger partial charge in [0.05, 0.1) is 11.4 Å². The lowest BCUT2D eigenvalue weighted by Crippen LogP contribution is -2.16. The smallest absolute Gasteiger partial charge is 0.228 e. The van der Waals surface area contributed by atoms with Gasteiger partial charge >= 0.3 is 0 Å². The van der Waals surface area contributed by atoms with Crippen LogP contribution in [0.15, 0.2) is 16.7 Å². The summed E-state index contributed by atoms with van der Waals surface area (Å²) in [6, 6.07) is 3.62. The molecule has 0 aliphatic carbocycles. The minimum absolute atomic E-state index is 0.551. The van der Waals surface area contributed by atoms with Crippen molar-refractivity contribution in [2.24, 2.45) is 0 Å². The highest BCUT2D eigenvalue weighted by Gasteiger charge is 2.14. The van der Waals surface area contributed by atoms with Gasteiger partial charge in [-0.1, -0.05) is 5.16 Å². The molecular formula is C13H16N4O3. The van der Waals surface area contributed by atoms with Gasteiger partial charge in [-0.15, -0.1) is 0 Å². The predicted octanol–water partition coefficient (Wildman–Crippen LogP) is 1.39. The summed E-state index contributed by atoms with van der Waals surface area (Å²) < 4.78 is 16.0. The van der Waals surface area contributed by atoms with Crippen molar-refractivity contribution in [2.45, 2.75) is 13.3 Å². The normalized spacial score (nSPS) is 13.2. The summed E-state index contributed by atoms with van der Waals surface area (Å²) >= 11 is 0. The highest BCUT2D eigenvalue weighted by Crippen LogP contribution is 2.36. The van der Waals surface area contributed by atoms with Gasteiger partial charge in [-0.3, -0.25) is 0 Å². The number of nitrogens with one attached hydrogen (secondary N) is 1. The first-order chi connectivity index (χ1) is 9.72. The van der Waals surface area contributed by atoms with Crippen molar-refractivity contribution in [1.29, 1.82) is 0 Å². The van der Waals surface area contributed by atoms with E-state index in [2.05, 4.69) is 15.5 Å². The number of benzene rings is 1. The summed E-state index contributed by atoms with van der Waals surface area (Å²) in [5.41, 5.74) is 7.41. The van der Waals surface area contributed by atoms with Crippen LogP contribution < -0.4 is 20.5 Å². The second kappa shape index (κ2) is 5.28. The molecule has 2 aromatic rings. The molecule has 1 aromatic carbocycles. The number of anilines is 2. The van der Waals surface area contributed by atoms with Crippen molar-refractivity contribution in [3.8, 4) is 11.5 Å². The molecule has 1 aromatic heterocycles. The second-order valence-corrected chi connectivity index (χ2v) is 4.50. The fraction of sp³-hybridized carbons (Fsp3) is 0.385. The minimum atomic E-state index is 0.551. The Kier molecular flexibility index (Phi) is 3.32. The van der Waals surface area contributed by atoms with Gasteiger partial charge in [-0.2, -0.15) is 4.98 Å². The number of rotatable bonds is 4. The summed E-state index contributed by atoms with van der Waals surface area (Å²) in [7, 11) is 0. The Hall–Kier alpha value is -2.44. The fourth-order valence-electron chi connectivity index (χ4n) is 2.00. The molecule has 0 bridgehead atoms. The molecule has 0 saturated carbocycles. The van der Waals surface area contributed by atoms with E-state index in [9.17, 15) is 0 Å². The average Bonchev–Trinajstić information content (AvgIpc) is 2.85. The van der Waals surface area contributed by atoms with Crippen LogP contribution in [-0.2, 0) is 6.42 Å². The third kappa shape index (κ3) is 2.61. The summed E-state index contributed by atoms with van der Waals surface area (Å²) in [5.74, 6) is 2.64. The standard InChI is InChI=1S/C13H16N4O3/c1-8-16-13(20-17-8)2-3-15-10-7-12-11(6-9(10)14)18-4-5-19-12/h6-7,15H,2-5,14H2,1H3. The lowest BCUT2D eigenvalue weighted by molar-refractivity contribution is 0.172. The molecule has 0 amide bonds. The molecule has 7 heteroatoms. The van der Waals surface area contributed by atoms with Gasteiger partial charge in [0.15, 0.2) is 17.3 Å². The van der Waals surface area contributed by atoms with Crippen LogP contribution in [0.5, 0.6) is 11.5 Å². The first-order valence-corrected chi connectivity index (χ1v) is 6.44. The number of ether oxygens (including phenoxy) is 2. The summed E-state index contributed by atoms with van der Waals surface area (Å²) in [5, 5.41) is 6.97. The number of nitrogens with zero attached hydrogens (tertiary/aromatic N) is 2. The van der Waals surface area contributed by atoms with Crippen LogP contribution in [0.25, 0.3) is 0 Å². The lowest BCUT2D eigenvalue weighted by Gasteiger charge is -2.20. The number of nitrogen functional groups attached to an aromatic ring is 1. The van der Waals surface area contributed by atoms with E-state index in [-0.39, 0.29) is 0 Å². The molecular weight excluding hydrogens is 260 g/mol. The van der Waals surface area contributed by atoms with E-state index in [1.165, 1.54) is 0 Å². The maximum atomic E-state index is 5.98. The predicted molar refractivity (Wildman–Crippen MR) is 73.1 cm³/mol. The number of fused-ring (bicyclic) bond motifs is 1. The van der Waals surface area contributed by atoms with Crippen molar-refractivity contribution >= 4 is 11.4 Å². The summed E-state index contributed by atoms with van der Waals surface area (Å²) in [6.45, 7) is 3.54. The largest absolute Gasteiger partial charge is 0.486 e. The highest BCUT2D eigenvalue weighted by molar-refractivity contribution is 5.72. The highest BCUT2D eigenvalue weighted by atomic mass is 16.6. The van der Waals surface area contributed by atoms with Crippen LogP contribution in [-0.4, -0.2) is 29.9 Å². The Balaban J connectivity index is 1.65. The average molecular weight is 276 g/mol. The fourth-order valence-corrected chi connectivity index (χ4v) is 2.00. The third-order valence-corrected chi connectivity index (χ3v) is 2.94. The third-order valence-electron chi connectivity index (χ3n) is 2.94. The zero-order valence-electron chi connectivity index (χ0n) is 11.2. The number of aromatic nitrogens is 2. The minimum Gasteiger partial charge on any atom is -0.486 e. The van der Waals surface area contributed by atoms with E-state index < -0.39 is 0 Å². The SMILES string of the molecule is Cc1noc(CCNc2cc3c(cc2N)OCCO3)n1. The zero-order chi connectivity index (χ0) is 13.9. The number of hydrogen-bond donors (Lipinski definition) is 2. The van der Waals surface area contributed by atoms with Crippen LogP contribution in [0.2, 0.25) is 0 Å². The van der Waals surface area contributed by atoms with Crippen LogP contribution in [0.1, 0.15) is 11.7 Å². The quantitative estimate of drug-likeness (QED) is 0.814. The molecule has 7 nitrogen and oxygen atoms in total. The van der Waals surface area contributed by atoms with Gasteiger partial charge in [-0.05, 0) is 6.92 Å². The van der Waals surface area contributed by atoms with Crippen molar-refractivity contribution in [3.63, 3.8) is 0 Å². The maximum absolute atomic E-state index is 5.98. The first-order valence-electron chi connectivity index (χ1n) is 6.44. The molecule has 106 valence electrons. The Bertz CT molecular complexity index is 612. The van der Waals surface area contributed by atoms with Crippen molar-refractivity contribution in [2.75, 3.05) is 30.8 Å². The van der Waals surface area contributed by atoms with E-state index in [4.69, 9.17) is 19.7 Å². The number of hydrogen-bond acceptors (Lipinski definition) is 7. The van der Waals surface area contributed by atoms with Gasteiger partial charge in [-0.25, -0.2) is 0 Å². The Labute approximate surface area is 116 Å². The van der Waals surface area contributed by atoms with E-state index in [0.29, 0.717) is 55.1 Å². The molecule has 20 heavy (non-hydrogen) atoms. The van der Waals surface area contributed by atoms with Gasteiger partial charge in [0.2, 0.25) is 5.89 Å². The number of nitrogens with two attached hydrogens (primary N) is 1. The van der Waals surface area contributed by atoms with Crippen molar-refractivity contribution < 1.29 is 14.0 Å². The van der Waals surface area contributed by atoms with Crippen molar-refractivity contribution in [3.05, 3.63) is 23.8 Å². The topological polar surface area (TPSA) is 95.4 Å². The van der Waals surface area contributed by atoms with Gasteiger partial charge in [0.1, 0.15) is 13.2 Å². The summed E-state index contributed by atoms with van der Waals surface area (Å²) in [6.07, 6.45) is 0.634. The van der Waals surface area contributed by atoms with Crippen LogP contribution in [0.3, 0.4) is 0 Å². The van der Waals surface area contributed by atoms with E-state index in [1.54, 1.807) is 13.0 Å². The molecule has 3 N–H and O–H groups in total.